The molecule has 1 amide bonds. The summed E-state index contributed by atoms with van der Waals surface area (Å²) in [5.41, 5.74) is 0.858. The number of carbonyl (C=O) groups is 1. The van der Waals surface area contributed by atoms with Gasteiger partial charge in [-0.1, -0.05) is 0 Å². The second kappa shape index (κ2) is 6.44. The van der Waals surface area contributed by atoms with E-state index in [0.717, 1.165) is 17.0 Å². The van der Waals surface area contributed by atoms with Crippen LogP contribution >= 0.6 is 11.3 Å². The number of hydrogen-bond acceptors (Lipinski definition) is 5. The summed E-state index contributed by atoms with van der Waals surface area (Å²) in [7, 11) is 3.59. The average Bonchev–Trinajstić information content (AvgIpc) is 3.02. The second-order valence-electron chi connectivity index (χ2n) is 4.14. The molecule has 0 fully saturated rings. The van der Waals surface area contributed by atoms with Gasteiger partial charge in [-0.3, -0.25) is 9.48 Å². The Morgan fingerprint density at radius 2 is 2.42 bits per heavy atom. The lowest BCUT2D eigenvalue weighted by molar-refractivity contribution is -0.123. The van der Waals surface area contributed by atoms with E-state index >= 15 is 0 Å². The quantitative estimate of drug-likeness (QED) is 0.807. The lowest BCUT2D eigenvalue weighted by Gasteiger charge is -2.14. The zero-order valence-corrected chi connectivity index (χ0v) is 11.8. The fourth-order valence-corrected chi connectivity index (χ4v) is 2.43. The van der Waals surface area contributed by atoms with E-state index in [1.165, 1.54) is 0 Å². The van der Waals surface area contributed by atoms with E-state index in [1.54, 1.807) is 35.5 Å². The smallest absolute Gasteiger partial charge is 0.241 e. The van der Waals surface area contributed by atoms with Crippen LogP contribution in [0.4, 0.5) is 0 Å². The van der Waals surface area contributed by atoms with E-state index in [4.69, 9.17) is 0 Å². The van der Waals surface area contributed by atoms with Gasteiger partial charge in [-0.05, 0) is 7.05 Å². The van der Waals surface area contributed by atoms with E-state index in [0.29, 0.717) is 6.54 Å². The van der Waals surface area contributed by atoms with E-state index in [1.807, 2.05) is 18.6 Å². The molecule has 1 unspecified atom stereocenters. The van der Waals surface area contributed by atoms with E-state index in [-0.39, 0.29) is 11.9 Å². The summed E-state index contributed by atoms with van der Waals surface area (Å²) in [6, 6.07) is -0.370. The number of aryl methyl sites for hydroxylation is 1. The van der Waals surface area contributed by atoms with Gasteiger partial charge < -0.3 is 10.6 Å². The summed E-state index contributed by atoms with van der Waals surface area (Å²) in [5.74, 6) is -0.0490. The van der Waals surface area contributed by atoms with Crippen LogP contribution in [0.1, 0.15) is 16.6 Å². The monoisotopic (exact) mass is 279 g/mol. The van der Waals surface area contributed by atoms with Crippen LogP contribution in [-0.2, 0) is 18.3 Å². The van der Waals surface area contributed by atoms with Crippen molar-refractivity contribution >= 4 is 17.2 Å². The number of aromatic nitrogens is 3. The molecule has 1 atom stereocenters. The van der Waals surface area contributed by atoms with Crippen LogP contribution in [-0.4, -0.2) is 34.3 Å². The molecule has 0 aliphatic rings. The third-order valence-corrected chi connectivity index (χ3v) is 3.57. The van der Waals surface area contributed by atoms with Crippen LogP contribution in [0.2, 0.25) is 0 Å². The summed E-state index contributed by atoms with van der Waals surface area (Å²) in [6.45, 7) is 0.588. The third kappa shape index (κ3) is 3.62. The number of nitrogens with one attached hydrogen (secondary N) is 2. The minimum Gasteiger partial charge on any atom is -0.354 e. The topological polar surface area (TPSA) is 71.8 Å². The highest BCUT2D eigenvalue weighted by atomic mass is 32.1. The first-order chi connectivity index (χ1) is 9.20. The van der Waals surface area contributed by atoms with Gasteiger partial charge in [0.15, 0.2) is 0 Å². The van der Waals surface area contributed by atoms with Crippen molar-refractivity contribution in [1.29, 1.82) is 0 Å². The standard InChI is InChI=1S/C12H17N5OS/c1-13-11(9-7-16-17(2)8-9)12(18)15-4-3-10-14-5-6-19-10/h5-8,11,13H,3-4H2,1-2H3,(H,15,18). The SMILES string of the molecule is CNC(C(=O)NCCc1nccs1)c1cnn(C)c1. The van der Waals surface area contributed by atoms with Crippen LogP contribution in [0.3, 0.4) is 0 Å². The molecule has 0 saturated heterocycles. The number of thiazole rings is 1. The number of rotatable bonds is 6. The predicted molar refractivity (Wildman–Crippen MR) is 73.8 cm³/mol. The van der Waals surface area contributed by atoms with Crippen LogP contribution in [0, 0.1) is 0 Å². The molecule has 0 saturated carbocycles. The van der Waals surface area contributed by atoms with Gasteiger partial charge in [-0.15, -0.1) is 11.3 Å². The first kappa shape index (κ1) is 13.7. The summed E-state index contributed by atoms with van der Waals surface area (Å²) < 4.78 is 1.68. The Morgan fingerprint density at radius 1 is 1.58 bits per heavy atom. The number of likely N-dealkylation sites (N-methyl/N-ethyl adjacent to an activating group) is 1. The summed E-state index contributed by atoms with van der Waals surface area (Å²) in [5, 5.41) is 12.9. The van der Waals surface area contributed by atoms with Gasteiger partial charge in [0.25, 0.3) is 0 Å². The van der Waals surface area contributed by atoms with E-state index < -0.39 is 0 Å². The first-order valence-corrected chi connectivity index (χ1v) is 6.90. The van der Waals surface area contributed by atoms with Crippen LogP contribution in [0.15, 0.2) is 24.0 Å². The Kier molecular flexibility index (Phi) is 4.64. The van der Waals surface area contributed by atoms with Gasteiger partial charge in [-0.25, -0.2) is 4.98 Å². The van der Waals surface area contributed by atoms with Crippen molar-refractivity contribution in [2.24, 2.45) is 7.05 Å². The van der Waals surface area contributed by atoms with Gasteiger partial charge in [-0.2, -0.15) is 5.10 Å². The summed E-state index contributed by atoms with van der Waals surface area (Å²) in [4.78, 5) is 16.3. The van der Waals surface area contributed by atoms with Crippen molar-refractivity contribution in [2.75, 3.05) is 13.6 Å². The Bertz CT molecular complexity index is 522. The normalized spacial score (nSPS) is 12.3. The number of nitrogens with zero attached hydrogens (tertiary/aromatic N) is 3. The largest absolute Gasteiger partial charge is 0.354 e. The maximum atomic E-state index is 12.1. The fourth-order valence-electron chi connectivity index (χ4n) is 1.81. The van der Waals surface area contributed by atoms with Gasteiger partial charge >= 0.3 is 0 Å². The Labute approximate surface area is 115 Å². The maximum Gasteiger partial charge on any atom is 0.241 e. The number of hydrogen-bond donors (Lipinski definition) is 2. The highest BCUT2D eigenvalue weighted by Crippen LogP contribution is 2.11. The molecule has 2 heterocycles. The van der Waals surface area contributed by atoms with Crippen molar-refractivity contribution in [2.45, 2.75) is 12.5 Å². The highest BCUT2D eigenvalue weighted by molar-refractivity contribution is 7.09. The molecule has 102 valence electrons. The molecule has 0 aliphatic heterocycles. The van der Waals surface area contributed by atoms with Crippen LogP contribution in [0.5, 0.6) is 0 Å². The Hall–Kier alpha value is -1.73. The van der Waals surface area contributed by atoms with Crippen LogP contribution < -0.4 is 10.6 Å². The molecule has 2 N–H and O–H groups in total. The zero-order chi connectivity index (χ0) is 13.7. The average molecular weight is 279 g/mol. The molecule has 0 radical (unpaired) electrons. The lowest BCUT2D eigenvalue weighted by Crippen LogP contribution is -2.36. The molecule has 0 aliphatic carbocycles. The third-order valence-electron chi connectivity index (χ3n) is 2.73. The summed E-state index contributed by atoms with van der Waals surface area (Å²) in [6.07, 6.45) is 6.06. The van der Waals surface area contributed by atoms with Crippen molar-refractivity contribution in [3.05, 3.63) is 34.5 Å². The minimum absolute atomic E-state index is 0.0490. The van der Waals surface area contributed by atoms with Gasteiger partial charge in [0.1, 0.15) is 6.04 Å². The number of amides is 1. The molecule has 2 rings (SSSR count). The van der Waals surface area contributed by atoms with Gasteiger partial charge in [0, 0.05) is 43.4 Å². The fraction of sp³-hybridized carbons (Fsp3) is 0.417. The molecule has 6 nitrogen and oxygen atoms in total. The van der Waals surface area contributed by atoms with Crippen molar-refractivity contribution in [3.63, 3.8) is 0 Å². The van der Waals surface area contributed by atoms with Gasteiger partial charge in [0.2, 0.25) is 5.91 Å². The van der Waals surface area contributed by atoms with Gasteiger partial charge in [0.05, 0.1) is 11.2 Å². The second-order valence-corrected chi connectivity index (χ2v) is 5.12. The summed E-state index contributed by atoms with van der Waals surface area (Å²) >= 11 is 1.60. The number of carbonyl (C=O) groups excluding carboxylic acids is 1. The highest BCUT2D eigenvalue weighted by Gasteiger charge is 2.19. The predicted octanol–water partition coefficient (Wildman–Crippen LogP) is 0.496. The maximum absolute atomic E-state index is 12.1. The molecule has 7 heteroatoms. The molecule has 2 aromatic rings. The molecule has 0 aromatic carbocycles. The first-order valence-electron chi connectivity index (χ1n) is 6.02. The molecular weight excluding hydrogens is 262 g/mol. The van der Waals surface area contributed by atoms with E-state index in [2.05, 4.69) is 20.7 Å². The zero-order valence-electron chi connectivity index (χ0n) is 11.0. The Morgan fingerprint density at radius 3 is 3.00 bits per heavy atom. The van der Waals surface area contributed by atoms with E-state index in [9.17, 15) is 4.79 Å². The lowest BCUT2D eigenvalue weighted by atomic mass is 10.1. The van der Waals surface area contributed by atoms with Crippen molar-refractivity contribution in [1.82, 2.24) is 25.4 Å². The van der Waals surface area contributed by atoms with Crippen LogP contribution in [0.25, 0.3) is 0 Å². The molecular formula is C12H17N5OS. The molecule has 0 spiro atoms. The molecule has 19 heavy (non-hydrogen) atoms. The molecule has 2 aromatic heterocycles. The Balaban J connectivity index is 1.87. The van der Waals surface area contributed by atoms with Crippen molar-refractivity contribution in [3.8, 4) is 0 Å². The molecule has 0 bridgehead atoms. The minimum atomic E-state index is -0.370. The van der Waals surface area contributed by atoms with Crippen molar-refractivity contribution < 1.29 is 4.79 Å².